The Bertz CT molecular complexity index is 1190. The summed E-state index contributed by atoms with van der Waals surface area (Å²) in [5.74, 6) is 1.50. The van der Waals surface area contributed by atoms with Gasteiger partial charge >= 0.3 is 5.69 Å². The standard InChI is InChI=1S/C24H33N5O3/c1-4-5-6-7-8-9-15-29-22(30)20-21(26(2)24(29)31)25-23-27(16-10-17-28(20)23)18-11-13-19(32-3)14-12-18/h11-14H,4-10,15-17H2,1-3H3. The zero-order valence-corrected chi connectivity index (χ0v) is 19.3. The predicted molar refractivity (Wildman–Crippen MR) is 127 cm³/mol. The molecule has 0 bridgehead atoms. The quantitative estimate of drug-likeness (QED) is 0.474. The summed E-state index contributed by atoms with van der Waals surface area (Å²) in [5, 5.41) is 0. The van der Waals surface area contributed by atoms with Gasteiger partial charge in [0.15, 0.2) is 11.2 Å². The second-order valence-corrected chi connectivity index (χ2v) is 8.51. The molecule has 4 rings (SSSR count). The summed E-state index contributed by atoms with van der Waals surface area (Å²) in [6.07, 6.45) is 7.55. The lowest BCUT2D eigenvalue weighted by atomic mass is 10.1. The van der Waals surface area contributed by atoms with E-state index in [0.717, 1.165) is 43.7 Å². The van der Waals surface area contributed by atoms with Crippen molar-refractivity contribution in [1.82, 2.24) is 18.7 Å². The summed E-state index contributed by atoms with van der Waals surface area (Å²) in [5.41, 5.74) is 1.44. The minimum atomic E-state index is -0.289. The fraction of sp³-hybridized carbons (Fsp3) is 0.542. The Labute approximate surface area is 188 Å². The number of imidazole rings is 1. The lowest BCUT2D eigenvalue weighted by molar-refractivity contribution is 0.415. The van der Waals surface area contributed by atoms with Crippen LogP contribution >= 0.6 is 0 Å². The molecule has 0 N–H and O–H groups in total. The molecule has 3 heterocycles. The monoisotopic (exact) mass is 439 g/mol. The van der Waals surface area contributed by atoms with Crippen LogP contribution in [0.15, 0.2) is 33.9 Å². The molecule has 0 saturated carbocycles. The number of unbranched alkanes of at least 4 members (excludes halogenated alkanes) is 5. The van der Waals surface area contributed by atoms with Crippen LogP contribution < -0.4 is 20.9 Å². The average Bonchev–Trinajstić information content (AvgIpc) is 3.22. The van der Waals surface area contributed by atoms with Crippen molar-refractivity contribution in [2.24, 2.45) is 7.05 Å². The summed E-state index contributed by atoms with van der Waals surface area (Å²) < 4.78 is 10.2. The first kappa shape index (κ1) is 22.2. The molecule has 0 atom stereocenters. The number of hydrogen-bond donors (Lipinski definition) is 0. The maximum atomic E-state index is 13.4. The lowest BCUT2D eigenvalue weighted by Crippen LogP contribution is -2.40. The van der Waals surface area contributed by atoms with E-state index < -0.39 is 0 Å². The van der Waals surface area contributed by atoms with Crippen molar-refractivity contribution in [1.29, 1.82) is 0 Å². The summed E-state index contributed by atoms with van der Waals surface area (Å²) in [6, 6.07) is 7.81. The largest absolute Gasteiger partial charge is 0.497 e. The molecule has 0 radical (unpaired) electrons. The highest BCUT2D eigenvalue weighted by Crippen LogP contribution is 2.31. The molecule has 8 nitrogen and oxygen atoms in total. The van der Waals surface area contributed by atoms with Gasteiger partial charge in [0.2, 0.25) is 5.95 Å². The Hall–Kier alpha value is -3.03. The van der Waals surface area contributed by atoms with E-state index in [1.165, 1.54) is 28.4 Å². The zero-order valence-electron chi connectivity index (χ0n) is 19.3. The summed E-state index contributed by atoms with van der Waals surface area (Å²) >= 11 is 0. The predicted octanol–water partition coefficient (Wildman–Crippen LogP) is 3.81. The van der Waals surface area contributed by atoms with Crippen molar-refractivity contribution in [2.75, 3.05) is 18.6 Å². The van der Waals surface area contributed by atoms with E-state index in [0.29, 0.717) is 30.2 Å². The van der Waals surface area contributed by atoms with Crippen LogP contribution in [-0.2, 0) is 20.1 Å². The van der Waals surface area contributed by atoms with Crippen molar-refractivity contribution in [3.05, 3.63) is 45.1 Å². The number of anilines is 2. The van der Waals surface area contributed by atoms with Crippen LogP contribution in [0.1, 0.15) is 51.9 Å². The lowest BCUT2D eigenvalue weighted by Gasteiger charge is -2.29. The first-order chi connectivity index (χ1) is 15.6. The zero-order chi connectivity index (χ0) is 22.7. The highest BCUT2D eigenvalue weighted by Gasteiger charge is 2.26. The fourth-order valence-corrected chi connectivity index (χ4v) is 4.52. The van der Waals surface area contributed by atoms with Gasteiger partial charge in [0.05, 0.1) is 7.11 Å². The molecular weight excluding hydrogens is 406 g/mol. The maximum absolute atomic E-state index is 13.4. The smallest absolute Gasteiger partial charge is 0.332 e. The van der Waals surface area contributed by atoms with Crippen LogP contribution in [0.4, 0.5) is 11.6 Å². The fourth-order valence-electron chi connectivity index (χ4n) is 4.52. The van der Waals surface area contributed by atoms with Crippen molar-refractivity contribution >= 4 is 22.8 Å². The molecule has 8 heteroatoms. The molecule has 0 amide bonds. The molecule has 172 valence electrons. The third-order valence-electron chi connectivity index (χ3n) is 6.34. The Morgan fingerprint density at radius 1 is 1.00 bits per heavy atom. The van der Waals surface area contributed by atoms with Gasteiger partial charge in [-0.15, -0.1) is 0 Å². The maximum Gasteiger partial charge on any atom is 0.332 e. The Morgan fingerprint density at radius 2 is 1.72 bits per heavy atom. The van der Waals surface area contributed by atoms with Crippen molar-refractivity contribution in [2.45, 2.75) is 65.0 Å². The number of ether oxygens (including phenoxy) is 1. The molecule has 0 unspecified atom stereocenters. The number of nitrogens with zero attached hydrogens (tertiary/aromatic N) is 5. The summed E-state index contributed by atoms with van der Waals surface area (Å²) in [6.45, 7) is 4.16. The van der Waals surface area contributed by atoms with Gasteiger partial charge in [0.25, 0.3) is 5.56 Å². The Balaban J connectivity index is 1.69. The number of rotatable bonds is 9. The molecule has 1 aliphatic rings. The minimum Gasteiger partial charge on any atom is -0.497 e. The first-order valence-corrected chi connectivity index (χ1v) is 11.7. The average molecular weight is 440 g/mol. The van der Waals surface area contributed by atoms with Gasteiger partial charge in [-0.25, -0.2) is 4.79 Å². The van der Waals surface area contributed by atoms with Gasteiger partial charge in [0, 0.05) is 32.4 Å². The van der Waals surface area contributed by atoms with Crippen LogP contribution in [0.25, 0.3) is 11.2 Å². The number of fused-ring (bicyclic) bond motifs is 3. The third-order valence-corrected chi connectivity index (χ3v) is 6.34. The van der Waals surface area contributed by atoms with Crippen LogP contribution in [0.2, 0.25) is 0 Å². The van der Waals surface area contributed by atoms with Gasteiger partial charge in [-0.2, -0.15) is 4.98 Å². The summed E-state index contributed by atoms with van der Waals surface area (Å²) in [4.78, 5) is 33.2. The number of methoxy groups -OCH3 is 1. The highest BCUT2D eigenvalue weighted by atomic mass is 16.5. The molecule has 0 saturated heterocycles. The SMILES string of the molecule is CCCCCCCCn1c(=O)c2c(nc3n2CCCN3c2ccc(OC)cc2)n(C)c1=O. The number of hydrogen-bond acceptors (Lipinski definition) is 5. The van der Waals surface area contributed by atoms with Gasteiger partial charge in [-0.05, 0) is 37.1 Å². The molecule has 0 aliphatic carbocycles. The Morgan fingerprint density at radius 3 is 2.44 bits per heavy atom. The topological polar surface area (TPSA) is 74.3 Å². The number of aromatic nitrogens is 4. The molecule has 0 spiro atoms. The first-order valence-electron chi connectivity index (χ1n) is 11.7. The second-order valence-electron chi connectivity index (χ2n) is 8.51. The number of benzene rings is 1. The molecule has 1 aliphatic heterocycles. The van der Waals surface area contributed by atoms with E-state index in [2.05, 4.69) is 11.8 Å². The molecule has 2 aromatic heterocycles. The van der Waals surface area contributed by atoms with E-state index in [1.807, 2.05) is 28.8 Å². The molecular formula is C24H33N5O3. The van der Waals surface area contributed by atoms with Crippen molar-refractivity contribution in [3.8, 4) is 5.75 Å². The van der Waals surface area contributed by atoms with Gasteiger partial charge in [0.1, 0.15) is 5.75 Å². The summed E-state index contributed by atoms with van der Waals surface area (Å²) in [7, 11) is 3.35. The number of aryl methyl sites for hydroxylation is 2. The van der Waals surface area contributed by atoms with E-state index in [-0.39, 0.29) is 11.2 Å². The Kier molecular flexibility index (Phi) is 6.67. The normalized spacial score (nSPS) is 13.5. The molecule has 32 heavy (non-hydrogen) atoms. The van der Waals surface area contributed by atoms with Gasteiger partial charge in [-0.1, -0.05) is 39.0 Å². The van der Waals surface area contributed by atoms with Crippen LogP contribution in [0.3, 0.4) is 0 Å². The molecule has 1 aromatic carbocycles. The van der Waals surface area contributed by atoms with E-state index in [1.54, 1.807) is 14.2 Å². The van der Waals surface area contributed by atoms with Gasteiger partial charge in [-0.3, -0.25) is 13.9 Å². The van der Waals surface area contributed by atoms with E-state index in [9.17, 15) is 9.59 Å². The molecule has 0 fully saturated rings. The van der Waals surface area contributed by atoms with Crippen LogP contribution in [0.5, 0.6) is 5.75 Å². The van der Waals surface area contributed by atoms with E-state index in [4.69, 9.17) is 9.72 Å². The van der Waals surface area contributed by atoms with Gasteiger partial charge < -0.3 is 14.2 Å². The second kappa shape index (κ2) is 9.63. The van der Waals surface area contributed by atoms with Crippen molar-refractivity contribution < 1.29 is 4.74 Å². The van der Waals surface area contributed by atoms with E-state index >= 15 is 0 Å². The minimum absolute atomic E-state index is 0.230. The van der Waals surface area contributed by atoms with Crippen LogP contribution in [-0.4, -0.2) is 32.3 Å². The van der Waals surface area contributed by atoms with Crippen LogP contribution in [0, 0.1) is 0 Å². The molecule has 3 aromatic rings. The van der Waals surface area contributed by atoms with Crippen molar-refractivity contribution in [3.63, 3.8) is 0 Å². The highest BCUT2D eigenvalue weighted by molar-refractivity contribution is 5.77. The third kappa shape index (κ3) is 4.06.